The maximum absolute atomic E-state index is 11.7. The van der Waals surface area contributed by atoms with Crippen molar-refractivity contribution in [2.75, 3.05) is 21.2 Å². The van der Waals surface area contributed by atoms with Gasteiger partial charge in [-0.2, -0.15) is 0 Å². The maximum atomic E-state index is 11.7. The Balaban J connectivity index is 2.04. The summed E-state index contributed by atoms with van der Waals surface area (Å²) in [6.45, 7) is 0. The van der Waals surface area contributed by atoms with Crippen LogP contribution in [0, 0.1) is 5.92 Å². The summed E-state index contributed by atoms with van der Waals surface area (Å²) in [5.74, 6) is 1.65. The van der Waals surface area contributed by atoms with E-state index in [9.17, 15) is 4.79 Å². The summed E-state index contributed by atoms with van der Waals surface area (Å²) in [7, 11) is 5.34. The molecule has 0 aliphatic heterocycles. The van der Waals surface area contributed by atoms with E-state index in [2.05, 4.69) is 12.1 Å². The Bertz CT molecular complexity index is 440. The van der Waals surface area contributed by atoms with Gasteiger partial charge >= 0.3 is 0 Å². The second-order valence-corrected chi connectivity index (χ2v) is 5.24. The summed E-state index contributed by atoms with van der Waals surface area (Å²) in [6.07, 6.45) is 3.83. The van der Waals surface area contributed by atoms with Gasteiger partial charge in [0, 0.05) is 20.5 Å². The van der Waals surface area contributed by atoms with Crippen LogP contribution in [0.5, 0.6) is 5.75 Å². The summed E-state index contributed by atoms with van der Waals surface area (Å²) in [6, 6.07) is 6.27. The Hall–Kier alpha value is -1.51. The second kappa shape index (κ2) is 5.42. The first-order chi connectivity index (χ1) is 8.60. The number of rotatable bonds is 3. The number of hydrogen-bond acceptors (Lipinski definition) is 2. The maximum Gasteiger partial charge on any atom is 0.222 e. The first kappa shape index (κ1) is 12.9. The van der Waals surface area contributed by atoms with Gasteiger partial charge in [-0.15, -0.1) is 0 Å². The van der Waals surface area contributed by atoms with Gasteiger partial charge in [-0.25, -0.2) is 0 Å². The van der Waals surface area contributed by atoms with Crippen LogP contribution in [-0.4, -0.2) is 32.0 Å². The lowest BCUT2D eigenvalue weighted by atomic mass is 9.82. The van der Waals surface area contributed by atoms with Crippen molar-refractivity contribution in [1.29, 1.82) is 0 Å². The van der Waals surface area contributed by atoms with Gasteiger partial charge in [-0.1, -0.05) is 6.07 Å². The highest BCUT2D eigenvalue weighted by atomic mass is 16.5. The standard InChI is InChI=1S/C15H21NO2/c1-16(2)15(17)9-11-4-5-13-10-14(18-3)7-6-12(13)8-11/h6-7,10-11H,4-5,8-9H2,1-3H3/t11-/m0/s1. The third-order valence-corrected chi connectivity index (χ3v) is 3.71. The summed E-state index contributed by atoms with van der Waals surface area (Å²) in [5.41, 5.74) is 2.75. The fourth-order valence-electron chi connectivity index (χ4n) is 2.54. The molecule has 1 amide bonds. The summed E-state index contributed by atoms with van der Waals surface area (Å²) in [5, 5.41) is 0. The zero-order valence-electron chi connectivity index (χ0n) is 11.4. The Labute approximate surface area is 109 Å². The first-order valence-electron chi connectivity index (χ1n) is 6.46. The predicted octanol–water partition coefficient (Wildman–Crippen LogP) is 2.28. The van der Waals surface area contributed by atoms with E-state index in [4.69, 9.17) is 4.74 Å². The minimum atomic E-state index is 0.233. The van der Waals surface area contributed by atoms with Crippen molar-refractivity contribution in [2.24, 2.45) is 5.92 Å². The number of hydrogen-bond donors (Lipinski definition) is 0. The van der Waals surface area contributed by atoms with Gasteiger partial charge in [0.2, 0.25) is 5.91 Å². The van der Waals surface area contributed by atoms with Crippen molar-refractivity contribution >= 4 is 5.91 Å². The van der Waals surface area contributed by atoms with Gasteiger partial charge in [0.05, 0.1) is 7.11 Å². The normalized spacial score (nSPS) is 18.1. The fourth-order valence-corrected chi connectivity index (χ4v) is 2.54. The third-order valence-electron chi connectivity index (χ3n) is 3.71. The topological polar surface area (TPSA) is 29.5 Å². The molecule has 3 heteroatoms. The zero-order valence-corrected chi connectivity index (χ0v) is 11.4. The molecular formula is C15H21NO2. The molecule has 2 rings (SSSR count). The molecule has 0 fully saturated rings. The van der Waals surface area contributed by atoms with E-state index in [1.165, 1.54) is 11.1 Å². The minimum absolute atomic E-state index is 0.233. The van der Waals surface area contributed by atoms with Gasteiger partial charge in [0.1, 0.15) is 5.75 Å². The molecule has 0 saturated carbocycles. The largest absolute Gasteiger partial charge is 0.497 e. The SMILES string of the molecule is COc1ccc2c(c1)CC[C@H](CC(=O)N(C)C)C2. The van der Waals surface area contributed by atoms with E-state index in [-0.39, 0.29) is 5.91 Å². The number of carbonyl (C=O) groups excluding carboxylic acids is 1. The molecule has 0 aromatic heterocycles. The molecular weight excluding hydrogens is 226 g/mol. The molecule has 1 aromatic rings. The van der Waals surface area contributed by atoms with Gasteiger partial charge in [0.15, 0.2) is 0 Å². The van der Waals surface area contributed by atoms with Crippen molar-refractivity contribution in [2.45, 2.75) is 25.7 Å². The van der Waals surface area contributed by atoms with E-state index in [1.54, 1.807) is 12.0 Å². The molecule has 98 valence electrons. The molecule has 0 spiro atoms. The molecule has 1 aliphatic carbocycles. The molecule has 1 atom stereocenters. The zero-order chi connectivity index (χ0) is 13.1. The van der Waals surface area contributed by atoms with Crippen LogP contribution in [0.1, 0.15) is 24.0 Å². The smallest absolute Gasteiger partial charge is 0.222 e. The molecule has 0 heterocycles. The van der Waals surface area contributed by atoms with E-state index in [0.717, 1.165) is 25.0 Å². The van der Waals surface area contributed by atoms with E-state index in [0.29, 0.717) is 12.3 Å². The highest BCUT2D eigenvalue weighted by Crippen LogP contribution is 2.30. The van der Waals surface area contributed by atoms with E-state index < -0.39 is 0 Å². The van der Waals surface area contributed by atoms with Crippen molar-refractivity contribution in [3.8, 4) is 5.75 Å². The predicted molar refractivity (Wildman–Crippen MR) is 71.8 cm³/mol. The Kier molecular flexibility index (Phi) is 3.90. The van der Waals surface area contributed by atoms with Crippen LogP contribution >= 0.6 is 0 Å². The average Bonchev–Trinajstić information content (AvgIpc) is 2.37. The first-order valence-corrected chi connectivity index (χ1v) is 6.46. The van der Waals surface area contributed by atoms with Crippen molar-refractivity contribution in [1.82, 2.24) is 4.90 Å². The summed E-state index contributed by atoms with van der Waals surface area (Å²) < 4.78 is 5.24. The van der Waals surface area contributed by atoms with Crippen LogP contribution in [0.2, 0.25) is 0 Å². The van der Waals surface area contributed by atoms with Gasteiger partial charge in [-0.3, -0.25) is 4.79 Å². The third kappa shape index (κ3) is 2.84. The number of aryl methyl sites for hydroxylation is 1. The van der Waals surface area contributed by atoms with Gasteiger partial charge < -0.3 is 9.64 Å². The second-order valence-electron chi connectivity index (χ2n) is 5.24. The summed E-state index contributed by atoms with van der Waals surface area (Å²) in [4.78, 5) is 13.4. The molecule has 18 heavy (non-hydrogen) atoms. The molecule has 1 aromatic carbocycles. The van der Waals surface area contributed by atoms with Crippen molar-refractivity contribution in [3.63, 3.8) is 0 Å². The number of nitrogens with zero attached hydrogens (tertiary/aromatic N) is 1. The van der Waals surface area contributed by atoms with Gasteiger partial charge in [0.25, 0.3) is 0 Å². The Morgan fingerprint density at radius 3 is 2.83 bits per heavy atom. The minimum Gasteiger partial charge on any atom is -0.497 e. The highest BCUT2D eigenvalue weighted by Gasteiger charge is 2.21. The molecule has 3 nitrogen and oxygen atoms in total. The quantitative estimate of drug-likeness (QED) is 0.820. The number of fused-ring (bicyclic) bond motifs is 1. The molecule has 0 radical (unpaired) electrons. The average molecular weight is 247 g/mol. The van der Waals surface area contributed by atoms with Crippen LogP contribution < -0.4 is 4.74 Å². The van der Waals surface area contributed by atoms with Crippen LogP contribution in [0.3, 0.4) is 0 Å². The molecule has 0 N–H and O–H groups in total. The van der Waals surface area contributed by atoms with Gasteiger partial charge in [-0.05, 0) is 48.4 Å². The van der Waals surface area contributed by atoms with Crippen LogP contribution in [0.15, 0.2) is 18.2 Å². The lowest BCUT2D eigenvalue weighted by molar-refractivity contribution is -0.129. The molecule has 0 bridgehead atoms. The lowest BCUT2D eigenvalue weighted by Crippen LogP contribution is -2.26. The monoisotopic (exact) mass is 247 g/mol. The van der Waals surface area contributed by atoms with Crippen LogP contribution in [0.4, 0.5) is 0 Å². The molecule has 0 unspecified atom stereocenters. The van der Waals surface area contributed by atoms with Crippen molar-refractivity contribution < 1.29 is 9.53 Å². The number of benzene rings is 1. The Morgan fingerprint density at radius 1 is 1.39 bits per heavy atom. The van der Waals surface area contributed by atoms with Crippen molar-refractivity contribution in [3.05, 3.63) is 29.3 Å². The Morgan fingerprint density at radius 2 is 2.17 bits per heavy atom. The molecule has 1 aliphatic rings. The fraction of sp³-hybridized carbons (Fsp3) is 0.533. The van der Waals surface area contributed by atoms with Crippen LogP contribution in [0.25, 0.3) is 0 Å². The highest BCUT2D eigenvalue weighted by molar-refractivity contribution is 5.75. The number of amides is 1. The summed E-state index contributed by atoms with van der Waals surface area (Å²) >= 11 is 0. The van der Waals surface area contributed by atoms with E-state index in [1.807, 2.05) is 20.2 Å². The molecule has 0 saturated heterocycles. The van der Waals surface area contributed by atoms with Crippen LogP contribution in [-0.2, 0) is 17.6 Å². The number of carbonyl (C=O) groups is 1. The lowest BCUT2D eigenvalue weighted by Gasteiger charge is -2.25. The number of ether oxygens (including phenoxy) is 1. The van der Waals surface area contributed by atoms with E-state index >= 15 is 0 Å². The number of methoxy groups -OCH3 is 1.